The van der Waals surface area contributed by atoms with Gasteiger partial charge in [0.1, 0.15) is 4.83 Å². The van der Waals surface area contributed by atoms with Crippen LogP contribution in [0.25, 0.3) is 0 Å². The van der Waals surface area contributed by atoms with Gasteiger partial charge in [0, 0.05) is 7.11 Å². The van der Waals surface area contributed by atoms with E-state index in [0.29, 0.717) is 0 Å². The molecule has 0 aromatic rings. The van der Waals surface area contributed by atoms with Gasteiger partial charge in [-0.3, -0.25) is 4.79 Å². The van der Waals surface area contributed by atoms with Crippen LogP contribution in [0, 0.1) is 0 Å². The van der Waals surface area contributed by atoms with Gasteiger partial charge in [-0.25, -0.2) is 0 Å². The van der Waals surface area contributed by atoms with Gasteiger partial charge >= 0.3 is 5.97 Å². The molecule has 0 aromatic carbocycles. The second-order valence-electron chi connectivity index (χ2n) is 1.49. The Hall–Kier alpha value is -0.0900. The van der Waals surface area contributed by atoms with Crippen molar-refractivity contribution in [1.82, 2.24) is 0 Å². The fraction of sp³-hybridized carbons (Fsp3) is 0.800. The third-order valence-electron chi connectivity index (χ3n) is 0.644. The summed E-state index contributed by atoms with van der Waals surface area (Å²) in [5.41, 5.74) is 0. The molecule has 54 valence electrons. The fourth-order valence-corrected chi connectivity index (χ4v) is 0.364. The van der Waals surface area contributed by atoms with Crippen molar-refractivity contribution in [2.75, 3.05) is 13.9 Å². The Balaban J connectivity index is 3.28. The first-order chi connectivity index (χ1) is 4.18. The van der Waals surface area contributed by atoms with Gasteiger partial charge in [-0.15, -0.1) is 0 Å². The summed E-state index contributed by atoms with van der Waals surface area (Å²) in [5.74, 6) is -0.308. The van der Waals surface area contributed by atoms with Crippen molar-refractivity contribution in [2.24, 2.45) is 0 Å². The largest absolute Gasteiger partial charge is 0.438 e. The highest BCUT2D eigenvalue weighted by Crippen LogP contribution is 1.98. The summed E-state index contributed by atoms with van der Waals surface area (Å²) < 4.78 is 9.04. The molecular formula is C5H9BrO3. The molecule has 0 saturated heterocycles. The highest BCUT2D eigenvalue weighted by atomic mass is 79.9. The lowest BCUT2D eigenvalue weighted by Gasteiger charge is -2.02. The quantitative estimate of drug-likeness (QED) is 0.383. The third-order valence-corrected chi connectivity index (χ3v) is 1.02. The molecule has 4 heteroatoms. The molecule has 9 heavy (non-hydrogen) atoms. The van der Waals surface area contributed by atoms with Crippen LogP contribution in [0.4, 0.5) is 0 Å². The first-order valence-electron chi connectivity index (χ1n) is 2.48. The van der Waals surface area contributed by atoms with E-state index < -0.39 is 0 Å². The molecule has 0 saturated carbocycles. The van der Waals surface area contributed by atoms with Crippen LogP contribution < -0.4 is 0 Å². The van der Waals surface area contributed by atoms with Crippen LogP contribution in [0.5, 0.6) is 0 Å². The zero-order valence-corrected chi connectivity index (χ0v) is 6.97. The number of halogens is 1. The molecular weight excluding hydrogens is 188 g/mol. The summed E-state index contributed by atoms with van der Waals surface area (Å²) >= 11 is 3.04. The monoisotopic (exact) mass is 196 g/mol. The Morgan fingerprint density at radius 2 is 2.33 bits per heavy atom. The lowest BCUT2D eigenvalue weighted by Crippen LogP contribution is -2.15. The lowest BCUT2D eigenvalue weighted by molar-refractivity contribution is -0.152. The lowest BCUT2D eigenvalue weighted by atomic mass is 10.5. The Morgan fingerprint density at radius 1 is 1.78 bits per heavy atom. The van der Waals surface area contributed by atoms with E-state index >= 15 is 0 Å². The average Bonchev–Trinajstić information content (AvgIpc) is 1.82. The third kappa shape index (κ3) is 4.42. The molecule has 3 nitrogen and oxygen atoms in total. The molecule has 1 atom stereocenters. The minimum Gasteiger partial charge on any atom is -0.438 e. The van der Waals surface area contributed by atoms with E-state index in [1.54, 1.807) is 6.92 Å². The number of alkyl halides is 1. The zero-order chi connectivity index (χ0) is 7.28. The van der Waals surface area contributed by atoms with E-state index in [2.05, 4.69) is 25.4 Å². The van der Waals surface area contributed by atoms with Gasteiger partial charge in [0.05, 0.1) is 0 Å². The predicted octanol–water partition coefficient (Wildman–Crippen LogP) is 0.917. The second-order valence-corrected chi connectivity index (χ2v) is 2.86. The van der Waals surface area contributed by atoms with Gasteiger partial charge in [0.15, 0.2) is 6.79 Å². The molecule has 0 heterocycles. The molecule has 0 radical (unpaired) electrons. The van der Waals surface area contributed by atoms with Crippen molar-refractivity contribution in [3.05, 3.63) is 0 Å². The van der Waals surface area contributed by atoms with Crippen molar-refractivity contribution in [3.63, 3.8) is 0 Å². The van der Waals surface area contributed by atoms with Crippen LogP contribution in [-0.2, 0) is 14.3 Å². The number of hydrogen-bond acceptors (Lipinski definition) is 3. The zero-order valence-electron chi connectivity index (χ0n) is 5.39. The van der Waals surface area contributed by atoms with Gasteiger partial charge in [0.25, 0.3) is 0 Å². The maximum absolute atomic E-state index is 10.6. The molecule has 0 fully saturated rings. The summed E-state index contributed by atoms with van der Waals surface area (Å²) in [5, 5.41) is 0. The minimum absolute atomic E-state index is 0.0226. The molecule has 0 N–H and O–H groups in total. The first kappa shape index (κ1) is 8.91. The molecule has 0 amide bonds. The number of hydrogen-bond donors (Lipinski definition) is 0. The van der Waals surface area contributed by atoms with Crippen LogP contribution in [0.15, 0.2) is 0 Å². The summed E-state index contributed by atoms with van der Waals surface area (Å²) in [4.78, 5) is 10.3. The summed E-state index contributed by atoms with van der Waals surface area (Å²) in [7, 11) is 1.46. The topological polar surface area (TPSA) is 35.5 Å². The number of carbonyl (C=O) groups excluding carboxylic acids is 1. The number of carbonyl (C=O) groups is 1. The van der Waals surface area contributed by atoms with Gasteiger partial charge in [0.2, 0.25) is 0 Å². The standard InChI is InChI=1S/C5H9BrO3/c1-4(6)5(7)9-3-8-2/h4H,3H2,1-2H3. The van der Waals surface area contributed by atoms with Gasteiger partial charge in [-0.1, -0.05) is 15.9 Å². The van der Waals surface area contributed by atoms with Crippen LogP contribution in [0.2, 0.25) is 0 Å². The van der Waals surface area contributed by atoms with Gasteiger partial charge in [-0.05, 0) is 6.92 Å². The SMILES string of the molecule is COCOC(=O)C(C)Br. The number of methoxy groups -OCH3 is 1. The highest BCUT2D eigenvalue weighted by molar-refractivity contribution is 9.10. The summed E-state index contributed by atoms with van der Waals surface area (Å²) in [6, 6.07) is 0. The summed E-state index contributed by atoms with van der Waals surface area (Å²) in [6.45, 7) is 1.72. The maximum Gasteiger partial charge on any atom is 0.321 e. The number of ether oxygens (including phenoxy) is 2. The molecule has 1 unspecified atom stereocenters. The van der Waals surface area contributed by atoms with Crippen LogP contribution in [0.3, 0.4) is 0 Å². The van der Waals surface area contributed by atoms with Crippen molar-refractivity contribution in [2.45, 2.75) is 11.8 Å². The maximum atomic E-state index is 10.6. The average molecular weight is 197 g/mol. The molecule has 0 aromatic heterocycles. The normalized spacial score (nSPS) is 12.8. The van der Waals surface area contributed by atoms with Crippen LogP contribution >= 0.6 is 15.9 Å². The number of rotatable bonds is 3. The molecule has 0 aliphatic heterocycles. The van der Waals surface area contributed by atoms with E-state index in [4.69, 9.17) is 0 Å². The van der Waals surface area contributed by atoms with Gasteiger partial charge in [-0.2, -0.15) is 0 Å². The van der Waals surface area contributed by atoms with Crippen LogP contribution in [0.1, 0.15) is 6.92 Å². The van der Waals surface area contributed by atoms with Crippen molar-refractivity contribution < 1.29 is 14.3 Å². The minimum atomic E-state index is -0.308. The predicted molar refractivity (Wildman–Crippen MR) is 36.4 cm³/mol. The van der Waals surface area contributed by atoms with E-state index in [-0.39, 0.29) is 17.6 Å². The fourth-order valence-electron chi connectivity index (χ4n) is 0.232. The molecule has 0 rings (SSSR count). The Labute approximate surface area is 62.5 Å². The van der Waals surface area contributed by atoms with Crippen molar-refractivity contribution in [1.29, 1.82) is 0 Å². The second kappa shape index (κ2) is 4.76. The molecule has 0 aliphatic rings. The number of esters is 1. The summed E-state index contributed by atoms with van der Waals surface area (Å²) in [6.07, 6.45) is 0. The highest BCUT2D eigenvalue weighted by Gasteiger charge is 2.08. The first-order valence-corrected chi connectivity index (χ1v) is 3.39. The van der Waals surface area contributed by atoms with E-state index in [9.17, 15) is 4.79 Å². The van der Waals surface area contributed by atoms with E-state index in [0.717, 1.165) is 0 Å². The Kier molecular flexibility index (Phi) is 4.71. The molecule has 0 aliphatic carbocycles. The van der Waals surface area contributed by atoms with Gasteiger partial charge < -0.3 is 9.47 Å². The Morgan fingerprint density at radius 3 is 2.67 bits per heavy atom. The van der Waals surface area contributed by atoms with Crippen molar-refractivity contribution in [3.8, 4) is 0 Å². The van der Waals surface area contributed by atoms with E-state index in [1.165, 1.54) is 7.11 Å². The Bertz CT molecular complexity index is 92.2. The van der Waals surface area contributed by atoms with E-state index in [1.807, 2.05) is 0 Å². The van der Waals surface area contributed by atoms with Crippen molar-refractivity contribution >= 4 is 21.9 Å². The van der Waals surface area contributed by atoms with Crippen LogP contribution in [-0.4, -0.2) is 24.7 Å². The molecule has 0 spiro atoms. The molecule has 0 bridgehead atoms. The smallest absolute Gasteiger partial charge is 0.321 e.